The van der Waals surface area contributed by atoms with Gasteiger partial charge < -0.3 is 4.79 Å². The Hall–Kier alpha value is -0.590. The van der Waals surface area contributed by atoms with E-state index in [1.54, 1.807) is 0 Å². The van der Waals surface area contributed by atoms with E-state index in [0.717, 1.165) is 31.5 Å². The Kier molecular flexibility index (Phi) is 3.71. The molecule has 0 bridgehead atoms. The van der Waals surface area contributed by atoms with Crippen molar-refractivity contribution in [1.29, 1.82) is 0 Å². The van der Waals surface area contributed by atoms with Crippen molar-refractivity contribution < 1.29 is 4.79 Å². The molecule has 0 saturated heterocycles. The number of hydrogen-bond acceptors (Lipinski definition) is 1. The molecule has 13 heavy (non-hydrogen) atoms. The lowest BCUT2D eigenvalue weighted by atomic mass is 9.86. The van der Waals surface area contributed by atoms with E-state index in [2.05, 4.69) is 20.4 Å². The molecule has 0 radical (unpaired) electrons. The fourth-order valence-electron chi connectivity index (χ4n) is 2.39. The molecule has 0 N–H and O–H groups in total. The van der Waals surface area contributed by atoms with Crippen molar-refractivity contribution in [3.8, 4) is 0 Å². The first-order valence-corrected chi connectivity index (χ1v) is 5.24. The molecule has 0 spiro atoms. The summed E-state index contributed by atoms with van der Waals surface area (Å²) in [6.45, 7) is 8.24. The minimum atomic E-state index is 0.328. The number of allylic oxidation sites excluding steroid dienone is 1. The summed E-state index contributed by atoms with van der Waals surface area (Å²) in [5.41, 5.74) is 1.24. The van der Waals surface area contributed by atoms with Gasteiger partial charge in [-0.1, -0.05) is 12.5 Å². The highest BCUT2D eigenvalue weighted by Crippen LogP contribution is 2.38. The Bertz CT molecular complexity index is 195. The first kappa shape index (κ1) is 10.5. The average Bonchev–Trinajstić information content (AvgIpc) is 2.43. The molecule has 0 aromatic carbocycles. The van der Waals surface area contributed by atoms with Gasteiger partial charge in [-0.25, -0.2) is 0 Å². The Balaban J connectivity index is 2.44. The topological polar surface area (TPSA) is 17.1 Å². The molecule has 0 amide bonds. The summed E-state index contributed by atoms with van der Waals surface area (Å²) in [5.74, 6) is 1.68. The van der Waals surface area contributed by atoms with Crippen LogP contribution in [0, 0.1) is 17.8 Å². The van der Waals surface area contributed by atoms with Gasteiger partial charge in [0.1, 0.15) is 6.29 Å². The van der Waals surface area contributed by atoms with Crippen molar-refractivity contribution in [1.82, 2.24) is 0 Å². The van der Waals surface area contributed by atoms with Crippen LogP contribution in [-0.2, 0) is 4.79 Å². The predicted octanol–water partition coefficient (Wildman–Crippen LogP) is 3.20. The van der Waals surface area contributed by atoms with Gasteiger partial charge in [0.25, 0.3) is 0 Å². The number of rotatable bonds is 4. The second-order valence-electron chi connectivity index (χ2n) is 4.51. The van der Waals surface area contributed by atoms with Crippen LogP contribution in [0.15, 0.2) is 12.2 Å². The highest BCUT2D eigenvalue weighted by Gasteiger charge is 2.32. The number of aldehydes is 1. The molecule has 0 aromatic heterocycles. The molecular weight excluding hydrogens is 160 g/mol. The Labute approximate surface area is 81.2 Å². The van der Waals surface area contributed by atoms with Crippen LogP contribution in [0.1, 0.15) is 39.5 Å². The zero-order valence-corrected chi connectivity index (χ0v) is 8.75. The van der Waals surface area contributed by atoms with Gasteiger partial charge >= 0.3 is 0 Å². The monoisotopic (exact) mass is 180 g/mol. The van der Waals surface area contributed by atoms with E-state index in [9.17, 15) is 4.79 Å². The molecule has 0 aliphatic heterocycles. The first-order valence-electron chi connectivity index (χ1n) is 5.24. The average molecular weight is 180 g/mol. The summed E-state index contributed by atoms with van der Waals surface area (Å²) in [5, 5.41) is 0. The second kappa shape index (κ2) is 4.59. The minimum absolute atomic E-state index is 0.328. The van der Waals surface area contributed by atoms with Crippen LogP contribution in [0.3, 0.4) is 0 Å². The van der Waals surface area contributed by atoms with Gasteiger partial charge in [-0.2, -0.15) is 0 Å². The SMILES string of the molecule is C=C(C)CC[C@H]1[C@H](C)CC[C@@H]1C=O. The Morgan fingerprint density at radius 2 is 2.23 bits per heavy atom. The Morgan fingerprint density at radius 3 is 2.77 bits per heavy atom. The molecule has 1 aliphatic carbocycles. The van der Waals surface area contributed by atoms with Crippen LogP contribution in [0.25, 0.3) is 0 Å². The van der Waals surface area contributed by atoms with Gasteiger partial charge in [-0.3, -0.25) is 0 Å². The second-order valence-corrected chi connectivity index (χ2v) is 4.51. The van der Waals surface area contributed by atoms with Gasteiger partial charge in [0.15, 0.2) is 0 Å². The lowest BCUT2D eigenvalue weighted by molar-refractivity contribution is -0.112. The van der Waals surface area contributed by atoms with Crippen molar-refractivity contribution >= 4 is 6.29 Å². The molecular formula is C12H20O. The van der Waals surface area contributed by atoms with E-state index < -0.39 is 0 Å². The third kappa shape index (κ3) is 2.68. The van der Waals surface area contributed by atoms with E-state index >= 15 is 0 Å². The minimum Gasteiger partial charge on any atom is -0.303 e. The number of hydrogen-bond donors (Lipinski definition) is 0. The third-order valence-corrected chi connectivity index (χ3v) is 3.32. The van der Waals surface area contributed by atoms with Gasteiger partial charge in [-0.15, -0.1) is 6.58 Å². The van der Waals surface area contributed by atoms with Crippen LogP contribution in [-0.4, -0.2) is 6.29 Å². The molecule has 1 saturated carbocycles. The highest BCUT2D eigenvalue weighted by atomic mass is 16.1. The van der Waals surface area contributed by atoms with Crippen LogP contribution in [0.5, 0.6) is 0 Å². The molecule has 1 nitrogen and oxygen atoms in total. The van der Waals surface area contributed by atoms with Crippen molar-refractivity contribution in [3.05, 3.63) is 12.2 Å². The summed E-state index contributed by atoms with van der Waals surface area (Å²) in [6, 6.07) is 0. The third-order valence-electron chi connectivity index (χ3n) is 3.32. The summed E-state index contributed by atoms with van der Waals surface area (Å²) in [7, 11) is 0. The maximum absolute atomic E-state index is 10.8. The standard InChI is InChI=1S/C12H20O/c1-9(2)4-7-12-10(3)5-6-11(12)8-13/h8,10-12H,1,4-7H2,2-3H3/t10-,11-,12+/m1/s1. The summed E-state index contributed by atoms with van der Waals surface area (Å²) in [6.07, 6.45) is 5.72. The number of carbonyl (C=O) groups is 1. The fraction of sp³-hybridized carbons (Fsp3) is 0.750. The van der Waals surface area contributed by atoms with E-state index in [-0.39, 0.29) is 0 Å². The lowest BCUT2D eigenvalue weighted by Gasteiger charge is -2.18. The molecule has 0 heterocycles. The van der Waals surface area contributed by atoms with E-state index in [0.29, 0.717) is 11.8 Å². The molecule has 0 aromatic rings. The van der Waals surface area contributed by atoms with E-state index in [1.165, 1.54) is 12.0 Å². The zero-order chi connectivity index (χ0) is 9.84. The fourth-order valence-corrected chi connectivity index (χ4v) is 2.39. The van der Waals surface area contributed by atoms with Crippen LogP contribution in [0.2, 0.25) is 0 Å². The molecule has 1 rings (SSSR count). The van der Waals surface area contributed by atoms with Crippen molar-refractivity contribution in [2.45, 2.75) is 39.5 Å². The molecule has 1 heteroatoms. The van der Waals surface area contributed by atoms with Crippen LogP contribution in [0.4, 0.5) is 0 Å². The smallest absolute Gasteiger partial charge is 0.123 e. The van der Waals surface area contributed by atoms with E-state index in [4.69, 9.17) is 0 Å². The lowest BCUT2D eigenvalue weighted by Crippen LogP contribution is -2.14. The van der Waals surface area contributed by atoms with Gasteiger partial charge in [0.2, 0.25) is 0 Å². The largest absolute Gasteiger partial charge is 0.303 e. The quantitative estimate of drug-likeness (QED) is 0.479. The summed E-state index contributed by atoms with van der Waals surface area (Å²) < 4.78 is 0. The predicted molar refractivity (Wildman–Crippen MR) is 55.5 cm³/mol. The number of carbonyl (C=O) groups excluding carboxylic acids is 1. The van der Waals surface area contributed by atoms with Gasteiger partial charge in [0.05, 0.1) is 0 Å². The molecule has 1 fully saturated rings. The molecule has 1 aliphatic rings. The highest BCUT2D eigenvalue weighted by molar-refractivity contribution is 5.54. The van der Waals surface area contributed by atoms with Crippen LogP contribution >= 0.6 is 0 Å². The zero-order valence-electron chi connectivity index (χ0n) is 8.75. The Morgan fingerprint density at radius 1 is 1.54 bits per heavy atom. The van der Waals surface area contributed by atoms with Gasteiger partial charge in [-0.05, 0) is 44.4 Å². The van der Waals surface area contributed by atoms with Gasteiger partial charge in [0, 0.05) is 5.92 Å². The molecule has 74 valence electrons. The van der Waals surface area contributed by atoms with Crippen molar-refractivity contribution in [3.63, 3.8) is 0 Å². The van der Waals surface area contributed by atoms with Crippen molar-refractivity contribution in [2.24, 2.45) is 17.8 Å². The van der Waals surface area contributed by atoms with E-state index in [1.807, 2.05) is 0 Å². The summed E-state index contributed by atoms with van der Waals surface area (Å²) >= 11 is 0. The maximum Gasteiger partial charge on any atom is 0.123 e. The normalized spacial score (nSPS) is 33.2. The van der Waals surface area contributed by atoms with Crippen LogP contribution < -0.4 is 0 Å². The maximum atomic E-state index is 10.8. The first-order chi connectivity index (χ1) is 6.15. The molecule has 0 unspecified atom stereocenters. The van der Waals surface area contributed by atoms with Crippen molar-refractivity contribution in [2.75, 3.05) is 0 Å². The summed E-state index contributed by atoms with van der Waals surface area (Å²) in [4.78, 5) is 10.8. The molecule has 3 atom stereocenters.